The summed E-state index contributed by atoms with van der Waals surface area (Å²) in [6.45, 7) is 1.55. The minimum absolute atomic E-state index is 0.0560. The molecule has 0 bridgehead atoms. The molecule has 2 aliphatic rings. The van der Waals surface area contributed by atoms with Crippen LogP contribution in [0.2, 0.25) is 0 Å². The molecule has 0 spiro atoms. The summed E-state index contributed by atoms with van der Waals surface area (Å²) in [6, 6.07) is 0.656. The van der Waals surface area contributed by atoms with E-state index >= 15 is 0 Å². The van der Waals surface area contributed by atoms with Crippen LogP contribution in [-0.4, -0.2) is 38.3 Å². The van der Waals surface area contributed by atoms with Crippen molar-refractivity contribution >= 4 is 5.91 Å². The van der Waals surface area contributed by atoms with Gasteiger partial charge in [-0.1, -0.05) is 12.8 Å². The molecule has 1 amide bonds. The number of rotatable bonds is 6. The van der Waals surface area contributed by atoms with Gasteiger partial charge in [-0.05, 0) is 38.0 Å². The van der Waals surface area contributed by atoms with Gasteiger partial charge in [0.15, 0.2) is 0 Å². The number of carbonyl (C=O) groups excluding carboxylic acids is 1. The Hall–Kier alpha value is -0.610. The maximum absolute atomic E-state index is 12.0. The first-order valence-corrected chi connectivity index (χ1v) is 7.34. The third-order valence-electron chi connectivity index (χ3n) is 4.25. The van der Waals surface area contributed by atoms with Crippen molar-refractivity contribution < 1.29 is 9.53 Å². The van der Waals surface area contributed by atoms with E-state index in [9.17, 15) is 4.79 Å². The molecule has 0 aromatic carbocycles. The highest BCUT2D eigenvalue weighted by atomic mass is 16.5. The molecule has 3 unspecified atom stereocenters. The molecule has 0 radical (unpaired) electrons. The predicted octanol–water partition coefficient (Wildman–Crippen LogP) is 1.45. The second kappa shape index (κ2) is 7.10. The van der Waals surface area contributed by atoms with Crippen molar-refractivity contribution in [1.82, 2.24) is 10.6 Å². The Bertz CT molecular complexity index is 257. The van der Waals surface area contributed by atoms with Crippen LogP contribution in [0.1, 0.15) is 44.9 Å². The summed E-state index contributed by atoms with van der Waals surface area (Å²) in [5.41, 5.74) is 0. The first kappa shape index (κ1) is 13.8. The fourth-order valence-corrected chi connectivity index (χ4v) is 3.23. The summed E-state index contributed by atoms with van der Waals surface area (Å²) >= 11 is 0. The first-order valence-electron chi connectivity index (χ1n) is 7.34. The van der Waals surface area contributed by atoms with Crippen LogP contribution in [0.15, 0.2) is 0 Å². The molecule has 4 nitrogen and oxygen atoms in total. The summed E-state index contributed by atoms with van der Waals surface area (Å²) in [6.07, 6.45) is 8.26. The van der Waals surface area contributed by atoms with Gasteiger partial charge in [0.2, 0.25) is 5.91 Å². The third kappa shape index (κ3) is 3.69. The van der Waals surface area contributed by atoms with E-state index in [1.54, 1.807) is 7.11 Å². The maximum Gasteiger partial charge on any atom is 0.237 e. The van der Waals surface area contributed by atoms with Crippen LogP contribution < -0.4 is 10.6 Å². The minimum Gasteiger partial charge on any atom is -0.385 e. The number of unbranched alkanes of at least 4 members (excludes halogenated alkanes) is 1. The van der Waals surface area contributed by atoms with Crippen LogP contribution in [-0.2, 0) is 9.53 Å². The van der Waals surface area contributed by atoms with E-state index in [1.165, 1.54) is 25.7 Å². The highest BCUT2D eigenvalue weighted by molar-refractivity contribution is 5.82. The summed E-state index contributed by atoms with van der Waals surface area (Å²) in [5, 5.41) is 6.54. The van der Waals surface area contributed by atoms with Crippen LogP contribution in [0.3, 0.4) is 0 Å². The number of hydrogen-bond acceptors (Lipinski definition) is 3. The van der Waals surface area contributed by atoms with Crippen molar-refractivity contribution in [1.29, 1.82) is 0 Å². The second-order valence-corrected chi connectivity index (χ2v) is 5.60. The lowest BCUT2D eigenvalue weighted by atomic mass is 9.85. The van der Waals surface area contributed by atoms with Gasteiger partial charge in [-0.2, -0.15) is 0 Å². The lowest BCUT2D eigenvalue weighted by Gasteiger charge is -2.24. The van der Waals surface area contributed by atoms with Gasteiger partial charge in [0.1, 0.15) is 0 Å². The molecule has 2 N–H and O–H groups in total. The second-order valence-electron chi connectivity index (χ2n) is 5.60. The van der Waals surface area contributed by atoms with Crippen LogP contribution >= 0.6 is 0 Å². The maximum atomic E-state index is 12.0. The number of amides is 1. The summed E-state index contributed by atoms with van der Waals surface area (Å²) in [4.78, 5) is 12.0. The van der Waals surface area contributed by atoms with Gasteiger partial charge < -0.3 is 15.4 Å². The third-order valence-corrected chi connectivity index (χ3v) is 4.25. The average Bonchev–Trinajstić information content (AvgIpc) is 2.82. The van der Waals surface area contributed by atoms with E-state index in [4.69, 9.17) is 4.74 Å². The Balaban J connectivity index is 1.64. The summed E-state index contributed by atoms with van der Waals surface area (Å²) in [5.74, 6) is 0.935. The molecule has 2 fully saturated rings. The Morgan fingerprint density at radius 3 is 2.94 bits per heavy atom. The van der Waals surface area contributed by atoms with Crippen LogP contribution in [0.4, 0.5) is 0 Å². The van der Waals surface area contributed by atoms with Gasteiger partial charge >= 0.3 is 0 Å². The highest BCUT2D eigenvalue weighted by Gasteiger charge is 2.37. The molecule has 18 heavy (non-hydrogen) atoms. The van der Waals surface area contributed by atoms with E-state index in [2.05, 4.69) is 10.6 Å². The quantitative estimate of drug-likeness (QED) is 0.705. The highest BCUT2D eigenvalue weighted by Crippen LogP contribution is 2.33. The van der Waals surface area contributed by atoms with Crippen LogP contribution in [0.25, 0.3) is 0 Å². The Kier molecular flexibility index (Phi) is 5.45. The van der Waals surface area contributed by atoms with Gasteiger partial charge in [0, 0.05) is 26.3 Å². The van der Waals surface area contributed by atoms with E-state index in [-0.39, 0.29) is 11.9 Å². The number of fused-ring (bicyclic) bond motifs is 1. The van der Waals surface area contributed by atoms with Crippen LogP contribution in [0.5, 0.6) is 0 Å². The molecule has 0 aromatic heterocycles. The smallest absolute Gasteiger partial charge is 0.237 e. The van der Waals surface area contributed by atoms with Gasteiger partial charge in [0.25, 0.3) is 0 Å². The molecule has 0 aromatic rings. The molecule has 1 aliphatic carbocycles. The van der Waals surface area contributed by atoms with Gasteiger partial charge in [-0.15, -0.1) is 0 Å². The van der Waals surface area contributed by atoms with Crippen molar-refractivity contribution in [2.75, 3.05) is 20.3 Å². The summed E-state index contributed by atoms with van der Waals surface area (Å²) in [7, 11) is 1.71. The number of nitrogens with one attached hydrogen (secondary N) is 2. The molecule has 1 saturated carbocycles. The zero-order valence-electron chi connectivity index (χ0n) is 11.4. The van der Waals surface area contributed by atoms with Gasteiger partial charge in [-0.3, -0.25) is 4.79 Å². The number of methoxy groups -OCH3 is 1. The Morgan fingerprint density at radius 2 is 2.17 bits per heavy atom. The number of carbonyl (C=O) groups is 1. The van der Waals surface area contributed by atoms with Crippen molar-refractivity contribution in [3.63, 3.8) is 0 Å². The first-order chi connectivity index (χ1) is 8.81. The molecule has 1 heterocycles. The largest absolute Gasteiger partial charge is 0.385 e. The minimum atomic E-state index is 0.0560. The normalized spacial score (nSPS) is 31.1. The molecular weight excluding hydrogens is 228 g/mol. The van der Waals surface area contributed by atoms with E-state index in [1.807, 2.05) is 0 Å². The van der Waals surface area contributed by atoms with Crippen molar-refractivity contribution in [2.45, 2.75) is 57.0 Å². The average molecular weight is 254 g/mol. The topological polar surface area (TPSA) is 50.4 Å². The molecule has 3 atom stereocenters. The molecule has 2 rings (SSSR count). The van der Waals surface area contributed by atoms with E-state index < -0.39 is 0 Å². The molecule has 1 aliphatic heterocycles. The number of ether oxygens (including phenoxy) is 1. The molecule has 1 saturated heterocycles. The molecule has 104 valence electrons. The summed E-state index contributed by atoms with van der Waals surface area (Å²) < 4.78 is 4.99. The molecular formula is C14H26N2O2. The SMILES string of the molecule is COCCCCNC(=O)C1CC2CCCCC2N1. The number of hydrogen-bond donors (Lipinski definition) is 2. The fourth-order valence-electron chi connectivity index (χ4n) is 3.23. The van der Waals surface area contributed by atoms with Crippen molar-refractivity contribution in [2.24, 2.45) is 5.92 Å². The van der Waals surface area contributed by atoms with E-state index in [0.29, 0.717) is 6.04 Å². The molecule has 4 heteroatoms. The Morgan fingerprint density at radius 1 is 1.33 bits per heavy atom. The van der Waals surface area contributed by atoms with Gasteiger partial charge in [-0.25, -0.2) is 0 Å². The monoisotopic (exact) mass is 254 g/mol. The van der Waals surface area contributed by atoms with Crippen molar-refractivity contribution in [3.05, 3.63) is 0 Å². The standard InChI is InChI=1S/C14H26N2O2/c1-18-9-5-4-8-15-14(17)13-10-11-6-2-3-7-12(11)16-13/h11-13,16H,2-10H2,1H3,(H,15,17). The van der Waals surface area contributed by atoms with Gasteiger partial charge in [0.05, 0.1) is 6.04 Å². The van der Waals surface area contributed by atoms with Crippen LogP contribution in [0, 0.1) is 5.92 Å². The Labute approximate surface area is 110 Å². The zero-order valence-corrected chi connectivity index (χ0v) is 11.4. The fraction of sp³-hybridized carbons (Fsp3) is 0.929. The van der Waals surface area contributed by atoms with Crippen molar-refractivity contribution in [3.8, 4) is 0 Å². The van der Waals surface area contributed by atoms with E-state index in [0.717, 1.165) is 38.3 Å². The predicted molar refractivity (Wildman–Crippen MR) is 71.4 cm³/mol. The lowest BCUT2D eigenvalue weighted by Crippen LogP contribution is -2.43. The zero-order chi connectivity index (χ0) is 12.8. The lowest BCUT2D eigenvalue weighted by molar-refractivity contribution is -0.122.